The molecule has 1 aromatic carbocycles. The first-order chi connectivity index (χ1) is 6.62. The number of rotatable bonds is 1. The summed E-state index contributed by atoms with van der Waals surface area (Å²) in [5.41, 5.74) is 2.65. The first kappa shape index (κ1) is 10.4. The van der Waals surface area contributed by atoms with Crippen LogP contribution in [0.4, 0.5) is 0 Å². The average Bonchev–Trinajstić information content (AvgIpc) is 2.52. The Labute approximate surface area is 102 Å². The highest BCUT2D eigenvalue weighted by atomic mass is 79.9. The van der Waals surface area contributed by atoms with Crippen LogP contribution in [-0.2, 0) is 4.32 Å². The summed E-state index contributed by atoms with van der Waals surface area (Å²) in [6.07, 6.45) is 6.63. The standard InChI is InChI=1S/C12H12Br2/c1-9-4-5-10(11(13)8-9)12(14)6-2-3-7-12/h2-5,8H,6-7H2,1H3. The molecule has 0 atom stereocenters. The minimum Gasteiger partial charge on any atom is -0.0867 e. The first-order valence-electron chi connectivity index (χ1n) is 4.72. The summed E-state index contributed by atoms with van der Waals surface area (Å²) in [7, 11) is 0. The number of halogens is 2. The van der Waals surface area contributed by atoms with E-state index < -0.39 is 0 Å². The Morgan fingerprint density at radius 2 is 1.86 bits per heavy atom. The zero-order chi connectivity index (χ0) is 10.2. The zero-order valence-corrected chi connectivity index (χ0v) is 11.2. The van der Waals surface area contributed by atoms with Gasteiger partial charge in [-0.3, -0.25) is 0 Å². The summed E-state index contributed by atoms with van der Waals surface area (Å²) in [6.45, 7) is 2.11. The van der Waals surface area contributed by atoms with Crippen molar-refractivity contribution in [3.63, 3.8) is 0 Å². The fourth-order valence-corrected chi connectivity index (χ4v) is 3.69. The normalized spacial score (nSPS) is 18.8. The Hall–Kier alpha value is -0.0800. The smallest absolute Gasteiger partial charge is 0.0585 e. The van der Waals surface area contributed by atoms with Crippen LogP contribution in [0.25, 0.3) is 0 Å². The number of aryl methyl sites for hydroxylation is 1. The summed E-state index contributed by atoms with van der Waals surface area (Å²) < 4.78 is 1.33. The largest absolute Gasteiger partial charge is 0.0867 e. The fourth-order valence-electron chi connectivity index (χ4n) is 1.83. The lowest BCUT2D eigenvalue weighted by molar-refractivity contribution is 0.693. The van der Waals surface area contributed by atoms with Gasteiger partial charge in [0.25, 0.3) is 0 Å². The van der Waals surface area contributed by atoms with E-state index in [-0.39, 0.29) is 4.32 Å². The number of hydrogen-bond acceptors (Lipinski definition) is 0. The van der Waals surface area contributed by atoms with Crippen molar-refractivity contribution < 1.29 is 0 Å². The van der Waals surface area contributed by atoms with E-state index in [0.717, 1.165) is 12.8 Å². The lowest BCUT2D eigenvalue weighted by atomic mass is 9.96. The number of allylic oxidation sites excluding steroid dienone is 2. The van der Waals surface area contributed by atoms with Gasteiger partial charge >= 0.3 is 0 Å². The molecule has 0 fully saturated rings. The molecule has 0 aliphatic heterocycles. The molecule has 0 radical (unpaired) electrons. The van der Waals surface area contributed by atoms with Crippen molar-refractivity contribution in [2.75, 3.05) is 0 Å². The Balaban J connectivity index is 2.41. The molecule has 14 heavy (non-hydrogen) atoms. The molecule has 0 N–H and O–H groups in total. The number of benzene rings is 1. The lowest BCUT2D eigenvalue weighted by Crippen LogP contribution is -2.13. The van der Waals surface area contributed by atoms with Gasteiger partial charge in [0.15, 0.2) is 0 Å². The molecule has 0 unspecified atom stereocenters. The van der Waals surface area contributed by atoms with Gasteiger partial charge in [0, 0.05) is 4.47 Å². The first-order valence-corrected chi connectivity index (χ1v) is 6.31. The van der Waals surface area contributed by atoms with Crippen LogP contribution in [0, 0.1) is 6.92 Å². The molecule has 0 amide bonds. The third-order valence-corrected chi connectivity index (χ3v) is 4.39. The van der Waals surface area contributed by atoms with Crippen LogP contribution in [-0.4, -0.2) is 0 Å². The average molecular weight is 316 g/mol. The van der Waals surface area contributed by atoms with Gasteiger partial charge in [-0.1, -0.05) is 56.1 Å². The summed E-state index contributed by atoms with van der Waals surface area (Å²) in [4.78, 5) is 0. The van der Waals surface area contributed by atoms with Gasteiger partial charge in [-0.15, -0.1) is 0 Å². The topological polar surface area (TPSA) is 0 Å². The van der Waals surface area contributed by atoms with Crippen LogP contribution in [0.1, 0.15) is 24.0 Å². The van der Waals surface area contributed by atoms with Crippen LogP contribution in [0.5, 0.6) is 0 Å². The highest BCUT2D eigenvalue weighted by Crippen LogP contribution is 2.45. The van der Waals surface area contributed by atoms with Gasteiger partial charge in [-0.2, -0.15) is 0 Å². The van der Waals surface area contributed by atoms with Gasteiger partial charge < -0.3 is 0 Å². The Kier molecular flexibility index (Phi) is 2.85. The molecule has 2 rings (SSSR count). The minimum absolute atomic E-state index is 0.125. The molecule has 1 aliphatic rings. The van der Waals surface area contributed by atoms with Gasteiger partial charge in [0.05, 0.1) is 4.32 Å². The Morgan fingerprint density at radius 1 is 1.21 bits per heavy atom. The molecule has 1 aliphatic carbocycles. The van der Waals surface area contributed by atoms with Crippen molar-refractivity contribution in [2.24, 2.45) is 0 Å². The quantitative estimate of drug-likeness (QED) is 0.520. The van der Waals surface area contributed by atoms with Crippen molar-refractivity contribution in [1.29, 1.82) is 0 Å². The Bertz CT molecular complexity index is 372. The van der Waals surface area contributed by atoms with Crippen molar-refractivity contribution >= 4 is 31.9 Å². The van der Waals surface area contributed by atoms with Crippen LogP contribution in [0.2, 0.25) is 0 Å². The highest BCUT2D eigenvalue weighted by Gasteiger charge is 2.31. The summed E-state index contributed by atoms with van der Waals surface area (Å²) in [5.74, 6) is 0. The SMILES string of the molecule is Cc1ccc(C2(Br)CC=CC2)c(Br)c1. The third-order valence-electron chi connectivity index (χ3n) is 2.66. The van der Waals surface area contributed by atoms with E-state index in [2.05, 4.69) is 69.1 Å². The number of alkyl halides is 1. The molecule has 2 heteroatoms. The lowest BCUT2D eigenvalue weighted by Gasteiger charge is -2.23. The maximum atomic E-state index is 3.84. The monoisotopic (exact) mass is 314 g/mol. The van der Waals surface area contributed by atoms with Crippen LogP contribution >= 0.6 is 31.9 Å². The van der Waals surface area contributed by atoms with E-state index in [1.807, 2.05) is 0 Å². The van der Waals surface area contributed by atoms with Crippen LogP contribution in [0.15, 0.2) is 34.8 Å². The maximum absolute atomic E-state index is 3.84. The van der Waals surface area contributed by atoms with Crippen LogP contribution in [0.3, 0.4) is 0 Å². The van der Waals surface area contributed by atoms with Gasteiger partial charge in [-0.05, 0) is 37.0 Å². The molecule has 0 heterocycles. The molecule has 0 spiro atoms. The van der Waals surface area contributed by atoms with E-state index in [0.29, 0.717) is 0 Å². The summed E-state index contributed by atoms with van der Waals surface area (Å²) in [6, 6.07) is 6.55. The molecule has 74 valence electrons. The molecular formula is C12H12Br2. The minimum atomic E-state index is 0.125. The molecular weight excluding hydrogens is 304 g/mol. The van der Waals surface area contributed by atoms with Crippen molar-refractivity contribution in [2.45, 2.75) is 24.1 Å². The van der Waals surface area contributed by atoms with Gasteiger partial charge in [0.2, 0.25) is 0 Å². The van der Waals surface area contributed by atoms with Gasteiger partial charge in [-0.25, -0.2) is 0 Å². The van der Waals surface area contributed by atoms with Gasteiger partial charge in [0.1, 0.15) is 0 Å². The van der Waals surface area contributed by atoms with E-state index in [9.17, 15) is 0 Å². The second-order valence-electron chi connectivity index (χ2n) is 3.83. The van der Waals surface area contributed by atoms with E-state index in [4.69, 9.17) is 0 Å². The Morgan fingerprint density at radius 3 is 2.43 bits per heavy atom. The zero-order valence-electron chi connectivity index (χ0n) is 8.06. The second kappa shape index (κ2) is 3.82. The van der Waals surface area contributed by atoms with Crippen molar-refractivity contribution in [3.05, 3.63) is 46.0 Å². The molecule has 0 aromatic heterocycles. The molecule has 0 saturated heterocycles. The molecule has 0 nitrogen and oxygen atoms in total. The predicted octanol–water partition coefficient (Wildman–Crippen LogP) is 4.70. The van der Waals surface area contributed by atoms with Crippen molar-refractivity contribution in [1.82, 2.24) is 0 Å². The summed E-state index contributed by atoms with van der Waals surface area (Å²) >= 11 is 7.47. The molecule has 0 bridgehead atoms. The summed E-state index contributed by atoms with van der Waals surface area (Å²) in [5, 5.41) is 0. The van der Waals surface area contributed by atoms with Crippen LogP contribution < -0.4 is 0 Å². The molecule has 0 saturated carbocycles. The predicted molar refractivity (Wildman–Crippen MR) is 67.9 cm³/mol. The van der Waals surface area contributed by atoms with Crippen molar-refractivity contribution in [3.8, 4) is 0 Å². The van der Waals surface area contributed by atoms with E-state index in [1.165, 1.54) is 15.6 Å². The highest BCUT2D eigenvalue weighted by molar-refractivity contribution is 9.11. The third kappa shape index (κ3) is 1.82. The maximum Gasteiger partial charge on any atom is 0.0585 e. The molecule has 1 aromatic rings. The number of hydrogen-bond donors (Lipinski definition) is 0. The van der Waals surface area contributed by atoms with E-state index in [1.54, 1.807) is 0 Å². The van der Waals surface area contributed by atoms with E-state index >= 15 is 0 Å². The second-order valence-corrected chi connectivity index (χ2v) is 6.20. The fraction of sp³-hybridized carbons (Fsp3) is 0.333.